The van der Waals surface area contributed by atoms with Crippen molar-refractivity contribution < 1.29 is 5.11 Å². The fourth-order valence-corrected chi connectivity index (χ4v) is 3.18. The van der Waals surface area contributed by atoms with Crippen LogP contribution in [-0.4, -0.2) is 22.2 Å². The van der Waals surface area contributed by atoms with Gasteiger partial charge in [-0.1, -0.05) is 30.3 Å². The van der Waals surface area contributed by atoms with E-state index in [-0.39, 0.29) is 0 Å². The van der Waals surface area contributed by atoms with E-state index in [0.717, 1.165) is 30.8 Å². The maximum absolute atomic E-state index is 9.99. The highest BCUT2D eigenvalue weighted by atomic mass is 32.1. The average molecular weight is 274 g/mol. The predicted octanol–water partition coefficient (Wildman–Crippen LogP) is 2.81. The van der Waals surface area contributed by atoms with Gasteiger partial charge in [0.15, 0.2) is 0 Å². The zero-order valence-corrected chi connectivity index (χ0v) is 11.6. The molecule has 1 aliphatic carbocycles. The van der Waals surface area contributed by atoms with Crippen molar-refractivity contribution >= 4 is 11.3 Å². The lowest BCUT2D eigenvalue weighted by atomic mass is 9.80. The summed E-state index contributed by atoms with van der Waals surface area (Å²) in [6.07, 6.45) is 4.92. The van der Waals surface area contributed by atoms with Crippen LogP contribution in [-0.2, 0) is 6.54 Å². The molecule has 2 aromatic rings. The molecule has 0 atom stereocenters. The van der Waals surface area contributed by atoms with E-state index in [1.807, 2.05) is 24.4 Å². The van der Waals surface area contributed by atoms with Crippen molar-refractivity contribution in [3.63, 3.8) is 0 Å². The van der Waals surface area contributed by atoms with Crippen molar-refractivity contribution in [3.05, 3.63) is 41.5 Å². The van der Waals surface area contributed by atoms with Crippen molar-refractivity contribution in [2.75, 3.05) is 6.54 Å². The molecule has 1 saturated carbocycles. The van der Waals surface area contributed by atoms with Gasteiger partial charge in [-0.25, -0.2) is 4.98 Å². The Balaban J connectivity index is 1.56. The molecule has 0 saturated heterocycles. The third kappa shape index (κ3) is 3.03. The number of hydrogen-bond acceptors (Lipinski definition) is 4. The van der Waals surface area contributed by atoms with Crippen LogP contribution >= 0.6 is 11.3 Å². The summed E-state index contributed by atoms with van der Waals surface area (Å²) < 4.78 is 0. The lowest BCUT2D eigenvalue weighted by Gasteiger charge is -2.36. The van der Waals surface area contributed by atoms with Crippen LogP contribution in [0.4, 0.5) is 0 Å². The maximum atomic E-state index is 9.99. The first-order chi connectivity index (χ1) is 9.25. The van der Waals surface area contributed by atoms with Crippen LogP contribution < -0.4 is 5.32 Å². The van der Waals surface area contributed by atoms with Crippen LogP contribution in [0, 0.1) is 0 Å². The van der Waals surface area contributed by atoms with Crippen molar-refractivity contribution in [1.29, 1.82) is 0 Å². The lowest BCUT2D eigenvalue weighted by molar-refractivity contribution is -0.0314. The second-order valence-corrected chi connectivity index (χ2v) is 6.28. The second kappa shape index (κ2) is 5.41. The van der Waals surface area contributed by atoms with Gasteiger partial charge in [-0.15, -0.1) is 11.3 Å². The Morgan fingerprint density at radius 3 is 2.74 bits per heavy atom. The maximum Gasteiger partial charge on any atom is 0.107 e. The molecule has 1 heterocycles. The van der Waals surface area contributed by atoms with E-state index in [1.165, 1.54) is 10.4 Å². The molecule has 1 aromatic heterocycles. The first kappa shape index (κ1) is 12.8. The topological polar surface area (TPSA) is 45.1 Å². The van der Waals surface area contributed by atoms with Gasteiger partial charge < -0.3 is 10.4 Å². The van der Waals surface area contributed by atoms with E-state index in [4.69, 9.17) is 0 Å². The number of nitrogens with zero attached hydrogens (tertiary/aromatic N) is 1. The third-order valence-electron chi connectivity index (χ3n) is 3.63. The molecule has 100 valence electrons. The van der Waals surface area contributed by atoms with E-state index in [9.17, 15) is 5.11 Å². The number of nitrogens with one attached hydrogen (secondary N) is 1. The Kier molecular flexibility index (Phi) is 3.64. The summed E-state index contributed by atoms with van der Waals surface area (Å²) in [6.45, 7) is 1.41. The van der Waals surface area contributed by atoms with Crippen LogP contribution in [0.5, 0.6) is 0 Å². The normalized spacial score (nSPS) is 17.1. The van der Waals surface area contributed by atoms with E-state index in [2.05, 4.69) is 22.4 Å². The SMILES string of the molecule is OC1(CNCc2ncc(-c3ccccc3)s2)CCC1. The smallest absolute Gasteiger partial charge is 0.107 e. The average Bonchev–Trinajstić information content (AvgIpc) is 2.87. The van der Waals surface area contributed by atoms with Crippen LogP contribution in [0.15, 0.2) is 36.5 Å². The molecule has 0 bridgehead atoms. The van der Waals surface area contributed by atoms with Crippen LogP contribution in [0.2, 0.25) is 0 Å². The monoisotopic (exact) mass is 274 g/mol. The Labute approximate surface area is 117 Å². The fourth-order valence-electron chi connectivity index (χ4n) is 2.29. The second-order valence-electron chi connectivity index (χ2n) is 5.17. The van der Waals surface area contributed by atoms with E-state index in [0.29, 0.717) is 6.54 Å². The number of hydrogen-bond donors (Lipinski definition) is 2. The Morgan fingerprint density at radius 2 is 2.05 bits per heavy atom. The highest BCUT2D eigenvalue weighted by molar-refractivity contribution is 7.15. The summed E-state index contributed by atoms with van der Waals surface area (Å²) in [5.74, 6) is 0. The molecule has 2 N–H and O–H groups in total. The first-order valence-electron chi connectivity index (χ1n) is 6.68. The number of rotatable bonds is 5. The Morgan fingerprint density at radius 1 is 1.26 bits per heavy atom. The molecule has 3 nitrogen and oxygen atoms in total. The molecule has 0 spiro atoms. The molecule has 0 aliphatic heterocycles. The van der Waals surface area contributed by atoms with Crippen LogP contribution in [0.25, 0.3) is 10.4 Å². The molecule has 19 heavy (non-hydrogen) atoms. The zero-order chi connectivity index (χ0) is 13.1. The van der Waals surface area contributed by atoms with Gasteiger partial charge in [0.25, 0.3) is 0 Å². The molecule has 1 fully saturated rings. The molecule has 4 heteroatoms. The summed E-state index contributed by atoms with van der Waals surface area (Å²) in [4.78, 5) is 5.62. The summed E-state index contributed by atoms with van der Waals surface area (Å²) in [5, 5.41) is 14.4. The summed E-state index contributed by atoms with van der Waals surface area (Å²) in [6, 6.07) is 10.3. The van der Waals surface area contributed by atoms with Crippen molar-refractivity contribution in [2.24, 2.45) is 0 Å². The third-order valence-corrected chi connectivity index (χ3v) is 4.67. The molecule has 3 rings (SSSR count). The number of thiazole rings is 1. The first-order valence-corrected chi connectivity index (χ1v) is 7.50. The van der Waals surface area contributed by atoms with Crippen molar-refractivity contribution in [1.82, 2.24) is 10.3 Å². The molecule has 0 amide bonds. The number of aromatic nitrogens is 1. The minimum Gasteiger partial charge on any atom is -0.389 e. The summed E-state index contributed by atoms with van der Waals surface area (Å²) in [5.41, 5.74) is 0.753. The molecular weight excluding hydrogens is 256 g/mol. The van der Waals surface area contributed by atoms with Gasteiger partial charge in [-0.2, -0.15) is 0 Å². The molecule has 1 aromatic carbocycles. The van der Waals surface area contributed by atoms with Gasteiger partial charge in [0.1, 0.15) is 5.01 Å². The van der Waals surface area contributed by atoms with Gasteiger partial charge in [-0.3, -0.25) is 0 Å². The minimum absolute atomic E-state index is 0.459. The molecular formula is C15H18N2OS. The van der Waals surface area contributed by atoms with Crippen molar-refractivity contribution in [2.45, 2.75) is 31.4 Å². The van der Waals surface area contributed by atoms with E-state index in [1.54, 1.807) is 11.3 Å². The number of benzene rings is 1. The zero-order valence-electron chi connectivity index (χ0n) is 10.8. The summed E-state index contributed by atoms with van der Waals surface area (Å²) >= 11 is 1.71. The quantitative estimate of drug-likeness (QED) is 0.881. The van der Waals surface area contributed by atoms with Gasteiger partial charge in [-0.05, 0) is 24.8 Å². The molecule has 0 radical (unpaired) electrons. The number of aliphatic hydroxyl groups is 1. The minimum atomic E-state index is -0.459. The van der Waals surface area contributed by atoms with Crippen LogP contribution in [0.3, 0.4) is 0 Å². The summed E-state index contributed by atoms with van der Waals surface area (Å²) in [7, 11) is 0. The highest BCUT2D eigenvalue weighted by Crippen LogP contribution is 2.31. The van der Waals surface area contributed by atoms with Gasteiger partial charge in [0.05, 0.1) is 10.5 Å². The molecule has 1 aliphatic rings. The molecule has 0 unspecified atom stereocenters. The van der Waals surface area contributed by atoms with Crippen LogP contribution in [0.1, 0.15) is 24.3 Å². The van der Waals surface area contributed by atoms with Gasteiger partial charge >= 0.3 is 0 Å². The Bertz CT molecular complexity index is 534. The lowest BCUT2D eigenvalue weighted by Crippen LogP contribution is -2.45. The standard InChI is InChI=1S/C15H18N2OS/c18-15(7-4-8-15)11-16-10-14-17-9-13(19-14)12-5-2-1-3-6-12/h1-3,5-6,9,16,18H,4,7-8,10-11H2. The predicted molar refractivity (Wildman–Crippen MR) is 78.1 cm³/mol. The van der Waals surface area contributed by atoms with Crippen molar-refractivity contribution in [3.8, 4) is 10.4 Å². The van der Waals surface area contributed by atoms with E-state index >= 15 is 0 Å². The fraction of sp³-hybridized carbons (Fsp3) is 0.400. The Hall–Kier alpha value is -1.23. The highest BCUT2D eigenvalue weighted by Gasteiger charge is 2.33. The largest absolute Gasteiger partial charge is 0.389 e. The van der Waals surface area contributed by atoms with E-state index < -0.39 is 5.60 Å². The van der Waals surface area contributed by atoms with Gasteiger partial charge in [0, 0.05) is 19.3 Å². The van der Waals surface area contributed by atoms with Gasteiger partial charge in [0.2, 0.25) is 0 Å².